The third-order valence-corrected chi connectivity index (χ3v) is 5.21. The van der Waals surface area contributed by atoms with Gasteiger partial charge < -0.3 is 20.1 Å². The Labute approximate surface area is 118 Å². The Hall–Kier alpha value is -0.910. The number of rotatable bonds is 0. The predicted octanol–water partition coefficient (Wildman–Crippen LogP) is 0.726. The molecule has 0 spiro atoms. The monoisotopic (exact) mass is 282 g/mol. The maximum atomic E-state index is 11.8. The van der Waals surface area contributed by atoms with E-state index in [0.29, 0.717) is 0 Å². The maximum absolute atomic E-state index is 11.8. The lowest BCUT2D eigenvalue weighted by molar-refractivity contribution is -0.154. The van der Waals surface area contributed by atoms with E-state index in [1.807, 2.05) is 0 Å². The van der Waals surface area contributed by atoms with Gasteiger partial charge in [-0.2, -0.15) is 0 Å². The first-order valence-electron chi connectivity index (χ1n) is 7.15. The third-order valence-electron chi connectivity index (χ3n) is 5.21. The van der Waals surface area contributed by atoms with Gasteiger partial charge in [0.05, 0.1) is 11.7 Å². The fourth-order valence-electron chi connectivity index (χ4n) is 4.34. The molecule has 0 unspecified atom stereocenters. The standard InChI is InChI=1S/C15H22O5/c1-14(2)4-7-9(6-14)15(3,19)5-8-10(11(7)16)13(18)20-12(8)17/h7,9,11,13,16,18-19H,4-6H2,1-3H3/t7-,9+,11+,13+,15+/m1/s1. The molecule has 0 saturated heterocycles. The number of hydrogen-bond acceptors (Lipinski definition) is 5. The van der Waals surface area contributed by atoms with Crippen LogP contribution in [-0.2, 0) is 9.53 Å². The Balaban J connectivity index is 2.07. The molecule has 2 aliphatic carbocycles. The zero-order valence-electron chi connectivity index (χ0n) is 12.1. The number of carbonyl (C=O) groups excluding carboxylic acids is 1. The lowest BCUT2D eigenvalue weighted by Crippen LogP contribution is -2.40. The van der Waals surface area contributed by atoms with Crippen LogP contribution in [0.1, 0.15) is 40.0 Å². The second kappa shape index (κ2) is 4.06. The lowest BCUT2D eigenvalue weighted by atomic mass is 9.78. The largest absolute Gasteiger partial charge is 0.428 e. The number of aliphatic hydroxyl groups excluding tert-OH is 2. The summed E-state index contributed by atoms with van der Waals surface area (Å²) in [6.45, 7) is 5.95. The molecule has 20 heavy (non-hydrogen) atoms. The second-order valence-corrected chi connectivity index (χ2v) is 7.51. The SMILES string of the molecule is CC1(C)C[C@H]2[C@H](O)C3=C(C[C@](C)(O)[C@H]2C1)C(=O)O[C@@H]3O. The van der Waals surface area contributed by atoms with Crippen molar-refractivity contribution in [3.05, 3.63) is 11.1 Å². The number of aliphatic hydroxyl groups is 3. The summed E-state index contributed by atoms with van der Waals surface area (Å²) >= 11 is 0. The van der Waals surface area contributed by atoms with Gasteiger partial charge in [-0.3, -0.25) is 0 Å². The third kappa shape index (κ3) is 1.91. The Morgan fingerprint density at radius 1 is 1.20 bits per heavy atom. The van der Waals surface area contributed by atoms with Crippen LogP contribution in [0.25, 0.3) is 0 Å². The van der Waals surface area contributed by atoms with Gasteiger partial charge >= 0.3 is 5.97 Å². The fourth-order valence-corrected chi connectivity index (χ4v) is 4.34. The minimum Gasteiger partial charge on any atom is -0.428 e. The Morgan fingerprint density at radius 3 is 2.50 bits per heavy atom. The molecule has 0 amide bonds. The van der Waals surface area contributed by atoms with E-state index in [0.717, 1.165) is 12.8 Å². The van der Waals surface area contributed by atoms with Crippen molar-refractivity contribution in [3.63, 3.8) is 0 Å². The van der Waals surface area contributed by atoms with E-state index in [1.54, 1.807) is 6.92 Å². The first-order chi connectivity index (χ1) is 9.12. The average Bonchev–Trinajstić information content (AvgIpc) is 2.74. The van der Waals surface area contributed by atoms with E-state index < -0.39 is 24.0 Å². The molecule has 0 aromatic carbocycles. The van der Waals surface area contributed by atoms with Crippen LogP contribution < -0.4 is 0 Å². The van der Waals surface area contributed by atoms with Crippen LogP contribution in [0.4, 0.5) is 0 Å². The summed E-state index contributed by atoms with van der Waals surface area (Å²) in [4.78, 5) is 11.8. The molecule has 1 aliphatic heterocycles. The number of fused-ring (bicyclic) bond motifs is 1. The minimum atomic E-state index is -1.37. The van der Waals surface area contributed by atoms with Crippen molar-refractivity contribution >= 4 is 5.97 Å². The van der Waals surface area contributed by atoms with Gasteiger partial charge in [-0.15, -0.1) is 0 Å². The highest BCUT2D eigenvalue weighted by molar-refractivity contribution is 5.92. The molecule has 5 nitrogen and oxygen atoms in total. The molecule has 5 atom stereocenters. The smallest absolute Gasteiger partial charge is 0.336 e. The van der Waals surface area contributed by atoms with Crippen molar-refractivity contribution in [2.24, 2.45) is 17.3 Å². The van der Waals surface area contributed by atoms with Crippen molar-refractivity contribution in [1.82, 2.24) is 0 Å². The lowest BCUT2D eigenvalue weighted by Gasteiger charge is -2.34. The molecule has 3 aliphatic rings. The van der Waals surface area contributed by atoms with E-state index in [4.69, 9.17) is 4.74 Å². The van der Waals surface area contributed by atoms with E-state index >= 15 is 0 Å². The molecule has 0 bridgehead atoms. The first-order valence-corrected chi connectivity index (χ1v) is 7.15. The van der Waals surface area contributed by atoms with Crippen molar-refractivity contribution in [2.75, 3.05) is 0 Å². The molecule has 0 aromatic heterocycles. The first kappa shape index (κ1) is 14.0. The summed E-state index contributed by atoms with van der Waals surface area (Å²) in [5, 5.41) is 31.3. The number of ether oxygens (including phenoxy) is 1. The van der Waals surface area contributed by atoms with Gasteiger partial charge in [-0.05, 0) is 37.0 Å². The van der Waals surface area contributed by atoms with E-state index in [-0.39, 0.29) is 34.8 Å². The predicted molar refractivity (Wildman–Crippen MR) is 70.4 cm³/mol. The fraction of sp³-hybridized carbons (Fsp3) is 0.800. The Bertz CT molecular complexity index is 490. The molecule has 5 heteroatoms. The molecule has 112 valence electrons. The maximum Gasteiger partial charge on any atom is 0.336 e. The summed E-state index contributed by atoms with van der Waals surface area (Å²) in [5.74, 6) is -0.860. The van der Waals surface area contributed by atoms with Crippen LogP contribution in [0.15, 0.2) is 11.1 Å². The van der Waals surface area contributed by atoms with Gasteiger partial charge in [0.25, 0.3) is 0 Å². The molecule has 1 heterocycles. The number of carbonyl (C=O) groups is 1. The van der Waals surface area contributed by atoms with Crippen LogP contribution in [-0.4, -0.2) is 39.3 Å². The van der Waals surface area contributed by atoms with E-state index in [9.17, 15) is 20.1 Å². The molecular weight excluding hydrogens is 260 g/mol. The normalized spacial score (nSPS) is 46.8. The molecule has 0 aromatic rings. The summed E-state index contributed by atoms with van der Waals surface area (Å²) in [5.41, 5.74) is -0.519. The average molecular weight is 282 g/mol. The zero-order valence-corrected chi connectivity index (χ0v) is 12.1. The van der Waals surface area contributed by atoms with E-state index in [1.165, 1.54) is 0 Å². The molecule has 3 N–H and O–H groups in total. The van der Waals surface area contributed by atoms with Crippen LogP contribution in [0.2, 0.25) is 0 Å². The highest BCUT2D eigenvalue weighted by Gasteiger charge is 2.56. The second-order valence-electron chi connectivity index (χ2n) is 7.51. The number of cyclic esters (lactones) is 1. The van der Waals surface area contributed by atoms with Crippen LogP contribution in [0.3, 0.4) is 0 Å². The Kier molecular flexibility index (Phi) is 2.85. The molecular formula is C15H22O5. The highest BCUT2D eigenvalue weighted by atomic mass is 16.6. The number of esters is 1. The van der Waals surface area contributed by atoms with Gasteiger partial charge in [0.15, 0.2) is 0 Å². The number of hydrogen-bond donors (Lipinski definition) is 3. The summed E-state index contributed by atoms with van der Waals surface area (Å²) in [7, 11) is 0. The molecule has 0 radical (unpaired) electrons. The molecule has 3 rings (SSSR count). The van der Waals surface area contributed by atoms with E-state index in [2.05, 4.69) is 13.8 Å². The quantitative estimate of drug-likeness (QED) is 0.570. The summed E-state index contributed by atoms with van der Waals surface area (Å²) in [6, 6.07) is 0. The van der Waals surface area contributed by atoms with Gasteiger partial charge in [0.1, 0.15) is 0 Å². The van der Waals surface area contributed by atoms with Gasteiger partial charge in [0.2, 0.25) is 6.29 Å². The molecule has 1 saturated carbocycles. The van der Waals surface area contributed by atoms with Crippen LogP contribution in [0.5, 0.6) is 0 Å². The van der Waals surface area contributed by atoms with Crippen LogP contribution >= 0.6 is 0 Å². The van der Waals surface area contributed by atoms with Crippen molar-refractivity contribution in [1.29, 1.82) is 0 Å². The van der Waals surface area contributed by atoms with Gasteiger partial charge in [-0.1, -0.05) is 13.8 Å². The summed E-state index contributed by atoms with van der Waals surface area (Å²) in [6.07, 6.45) is -0.606. The minimum absolute atomic E-state index is 0.0345. The highest BCUT2D eigenvalue weighted by Crippen LogP contribution is 2.55. The molecule has 1 fully saturated rings. The zero-order chi connectivity index (χ0) is 14.9. The van der Waals surface area contributed by atoms with Gasteiger partial charge in [0, 0.05) is 17.6 Å². The van der Waals surface area contributed by atoms with Crippen molar-refractivity contribution < 1.29 is 24.9 Å². The van der Waals surface area contributed by atoms with Crippen molar-refractivity contribution in [3.8, 4) is 0 Å². The van der Waals surface area contributed by atoms with Gasteiger partial charge in [-0.25, -0.2) is 4.79 Å². The Morgan fingerprint density at radius 2 is 1.85 bits per heavy atom. The van der Waals surface area contributed by atoms with Crippen LogP contribution in [0, 0.1) is 17.3 Å². The van der Waals surface area contributed by atoms with Crippen molar-refractivity contribution in [2.45, 2.75) is 58.0 Å². The topological polar surface area (TPSA) is 87.0 Å². The summed E-state index contributed by atoms with van der Waals surface area (Å²) < 4.78 is 4.80.